The van der Waals surface area contributed by atoms with Crippen molar-refractivity contribution < 1.29 is 19.1 Å². The van der Waals surface area contributed by atoms with Gasteiger partial charge in [0.2, 0.25) is 5.91 Å². The Hall–Kier alpha value is -1.15. The monoisotopic (exact) mass is 419 g/mol. The van der Waals surface area contributed by atoms with Crippen molar-refractivity contribution in [3.63, 3.8) is 0 Å². The smallest absolute Gasteiger partial charge is 0.315 e. The van der Waals surface area contributed by atoms with Crippen LogP contribution in [0.3, 0.4) is 0 Å². The number of hydrogen-bond acceptors (Lipinski definition) is 5. The molecule has 154 valence electrons. The first-order valence-corrected chi connectivity index (χ1v) is 11.4. The Balaban J connectivity index is 1.39. The van der Waals surface area contributed by atoms with Gasteiger partial charge in [0.05, 0.1) is 18.7 Å². The zero-order chi connectivity index (χ0) is 19.5. The summed E-state index contributed by atoms with van der Waals surface area (Å²) in [6, 6.07) is 0.436. The molecule has 2 fully saturated rings. The van der Waals surface area contributed by atoms with Crippen LogP contribution < -0.4 is 16.0 Å². The number of esters is 1. The number of fused-ring (bicyclic) bond motifs is 1. The average molecular weight is 420 g/mol. The number of alkyl halides is 1. The van der Waals surface area contributed by atoms with Gasteiger partial charge in [-0.3, -0.25) is 9.59 Å². The van der Waals surface area contributed by atoms with Gasteiger partial charge in [-0.05, 0) is 32.1 Å². The molecule has 0 aliphatic carbocycles. The Kier molecular flexibility index (Phi) is 10.1. The Morgan fingerprint density at radius 2 is 1.96 bits per heavy atom. The van der Waals surface area contributed by atoms with E-state index >= 15 is 0 Å². The highest BCUT2D eigenvalue weighted by atomic mass is 35.5. The summed E-state index contributed by atoms with van der Waals surface area (Å²) < 4.78 is 5.26. The number of ether oxygens (including phenoxy) is 1. The van der Waals surface area contributed by atoms with E-state index in [1.807, 2.05) is 11.8 Å². The molecule has 0 aromatic carbocycles. The zero-order valence-electron chi connectivity index (χ0n) is 15.6. The summed E-state index contributed by atoms with van der Waals surface area (Å²) in [4.78, 5) is 34.0. The quantitative estimate of drug-likeness (QED) is 0.184. The molecule has 2 aliphatic heterocycles. The molecule has 27 heavy (non-hydrogen) atoms. The summed E-state index contributed by atoms with van der Waals surface area (Å²) in [7, 11) is 0. The summed E-state index contributed by atoms with van der Waals surface area (Å²) in [5.41, 5.74) is 0. The van der Waals surface area contributed by atoms with Gasteiger partial charge in [-0.15, -0.1) is 11.6 Å². The largest absolute Gasteiger partial charge is 0.466 e. The summed E-state index contributed by atoms with van der Waals surface area (Å²) >= 11 is 7.29. The summed E-state index contributed by atoms with van der Waals surface area (Å²) in [6.45, 7) is 1.11. The number of unbranched alkanes of at least 4 members (excludes halogenated alkanes) is 4. The van der Waals surface area contributed by atoms with Crippen molar-refractivity contribution in [2.45, 2.75) is 68.7 Å². The van der Waals surface area contributed by atoms with Gasteiger partial charge in [-0.1, -0.05) is 12.8 Å². The van der Waals surface area contributed by atoms with E-state index < -0.39 is 0 Å². The second-order valence-corrected chi connectivity index (χ2v) is 8.53. The van der Waals surface area contributed by atoms with E-state index in [0.717, 1.165) is 50.7 Å². The number of halogens is 1. The normalized spacial score (nSPS) is 23.4. The zero-order valence-corrected chi connectivity index (χ0v) is 17.2. The van der Waals surface area contributed by atoms with Crippen molar-refractivity contribution in [2.75, 3.05) is 24.8 Å². The van der Waals surface area contributed by atoms with Gasteiger partial charge < -0.3 is 20.7 Å². The standard InChI is InChI=1S/C18H30ClN3O4S/c19-11-15(23)20-9-5-1-2-6-10-26-16(24)8-4-3-7-14-17-13(12-27-14)21-18(25)22-17/h13-14,17H,1-12H2,(H,20,23)(H2,21,22,25)/t13-,14-,17-/m0/s1. The van der Waals surface area contributed by atoms with Crippen molar-refractivity contribution in [3.05, 3.63) is 0 Å². The molecule has 9 heteroatoms. The van der Waals surface area contributed by atoms with Crippen molar-refractivity contribution in [3.8, 4) is 0 Å². The molecule has 2 saturated heterocycles. The molecule has 0 spiro atoms. The fraction of sp³-hybridized carbons (Fsp3) is 0.833. The molecule has 0 aromatic heterocycles. The first-order chi connectivity index (χ1) is 13.1. The van der Waals surface area contributed by atoms with E-state index in [1.54, 1.807) is 0 Å². The Bertz CT molecular complexity index is 509. The highest BCUT2D eigenvalue weighted by molar-refractivity contribution is 8.00. The first-order valence-electron chi connectivity index (χ1n) is 9.77. The Morgan fingerprint density at radius 1 is 1.15 bits per heavy atom. The van der Waals surface area contributed by atoms with Crippen LogP contribution in [0.2, 0.25) is 0 Å². The van der Waals surface area contributed by atoms with Crippen LogP contribution in [-0.4, -0.2) is 60.0 Å². The lowest BCUT2D eigenvalue weighted by Crippen LogP contribution is -2.36. The third-order valence-corrected chi connectivity index (χ3v) is 6.59. The maximum absolute atomic E-state index is 11.8. The highest BCUT2D eigenvalue weighted by Gasteiger charge is 2.42. The number of thioether (sulfide) groups is 1. The fourth-order valence-electron chi connectivity index (χ4n) is 3.37. The Labute approximate surface area is 170 Å². The van der Waals surface area contributed by atoms with Gasteiger partial charge in [-0.2, -0.15) is 11.8 Å². The van der Waals surface area contributed by atoms with Gasteiger partial charge in [0, 0.05) is 24.0 Å². The average Bonchev–Trinajstić information content (AvgIpc) is 3.20. The van der Waals surface area contributed by atoms with Gasteiger partial charge in [0.25, 0.3) is 0 Å². The molecule has 0 bridgehead atoms. The van der Waals surface area contributed by atoms with Crippen molar-refractivity contribution in [1.82, 2.24) is 16.0 Å². The summed E-state index contributed by atoms with van der Waals surface area (Å²) in [5.74, 6) is 0.707. The molecule has 2 aliphatic rings. The molecule has 2 rings (SSSR count). The minimum atomic E-state index is -0.137. The lowest BCUT2D eigenvalue weighted by Gasteiger charge is -2.16. The van der Waals surface area contributed by atoms with E-state index in [1.165, 1.54) is 0 Å². The maximum Gasteiger partial charge on any atom is 0.315 e. The molecule has 0 unspecified atom stereocenters. The molecule has 0 saturated carbocycles. The van der Waals surface area contributed by atoms with Crippen LogP contribution in [0.4, 0.5) is 4.79 Å². The number of urea groups is 1. The van der Waals surface area contributed by atoms with Gasteiger partial charge >= 0.3 is 12.0 Å². The Morgan fingerprint density at radius 3 is 2.78 bits per heavy atom. The number of nitrogens with one attached hydrogen (secondary N) is 3. The van der Waals surface area contributed by atoms with Gasteiger partial charge in [0.15, 0.2) is 0 Å². The number of amides is 3. The number of carbonyl (C=O) groups is 3. The first kappa shape index (κ1) is 22.1. The lowest BCUT2D eigenvalue weighted by molar-refractivity contribution is -0.143. The topological polar surface area (TPSA) is 96.5 Å². The van der Waals surface area contributed by atoms with Crippen molar-refractivity contribution in [2.24, 2.45) is 0 Å². The number of carbonyl (C=O) groups excluding carboxylic acids is 3. The van der Waals surface area contributed by atoms with E-state index in [2.05, 4.69) is 16.0 Å². The molecule has 3 N–H and O–H groups in total. The molecular weight excluding hydrogens is 390 g/mol. The third-order valence-electron chi connectivity index (χ3n) is 4.84. The SMILES string of the molecule is O=C(CCl)NCCCCCCOC(=O)CCCC[C@@H]1SC[C@@H]2NC(=O)N[C@@H]21. The minimum Gasteiger partial charge on any atom is -0.466 e. The molecular formula is C18H30ClN3O4S. The second kappa shape index (κ2) is 12.3. The van der Waals surface area contributed by atoms with E-state index in [4.69, 9.17) is 16.3 Å². The predicted molar refractivity (Wildman–Crippen MR) is 107 cm³/mol. The van der Waals surface area contributed by atoms with E-state index in [0.29, 0.717) is 24.8 Å². The van der Waals surface area contributed by atoms with E-state index in [-0.39, 0.29) is 35.9 Å². The molecule has 7 nitrogen and oxygen atoms in total. The van der Waals surface area contributed by atoms with Crippen LogP contribution in [0.5, 0.6) is 0 Å². The second-order valence-electron chi connectivity index (χ2n) is 6.99. The van der Waals surface area contributed by atoms with Crippen LogP contribution >= 0.6 is 23.4 Å². The maximum atomic E-state index is 11.8. The summed E-state index contributed by atoms with van der Waals surface area (Å²) in [5, 5.41) is 9.09. The fourth-order valence-corrected chi connectivity index (χ4v) is 5.01. The molecule has 3 amide bonds. The highest BCUT2D eigenvalue weighted by Crippen LogP contribution is 2.33. The van der Waals surface area contributed by atoms with Crippen LogP contribution in [0, 0.1) is 0 Å². The predicted octanol–water partition coefficient (Wildman–Crippen LogP) is 2.17. The van der Waals surface area contributed by atoms with E-state index in [9.17, 15) is 14.4 Å². The van der Waals surface area contributed by atoms with Gasteiger partial charge in [-0.25, -0.2) is 4.79 Å². The van der Waals surface area contributed by atoms with Crippen LogP contribution in [0.1, 0.15) is 51.4 Å². The molecule has 0 radical (unpaired) electrons. The van der Waals surface area contributed by atoms with Crippen LogP contribution in [0.25, 0.3) is 0 Å². The molecule has 0 aromatic rings. The van der Waals surface area contributed by atoms with Crippen molar-refractivity contribution in [1.29, 1.82) is 0 Å². The molecule has 3 atom stereocenters. The number of hydrogen-bond donors (Lipinski definition) is 3. The summed E-state index contributed by atoms with van der Waals surface area (Å²) in [6.07, 6.45) is 7.01. The minimum absolute atomic E-state index is 0.00428. The van der Waals surface area contributed by atoms with Crippen LogP contribution in [0.15, 0.2) is 0 Å². The number of rotatable bonds is 13. The van der Waals surface area contributed by atoms with Gasteiger partial charge in [0.1, 0.15) is 5.88 Å². The third kappa shape index (κ3) is 8.17. The van der Waals surface area contributed by atoms with Crippen molar-refractivity contribution >= 4 is 41.3 Å². The molecule has 2 heterocycles. The lowest BCUT2D eigenvalue weighted by atomic mass is 10.0. The van der Waals surface area contributed by atoms with Crippen LogP contribution in [-0.2, 0) is 14.3 Å².